The molecule has 38 heavy (non-hydrogen) atoms. The van der Waals surface area contributed by atoms with Crippen molar-refractivity contribution in [2.75, 3.05) is 54.5 Å². The average molecular weight is 547 g/mol. The average Bonchev–Trinajstić information content (AvgIpc) is 2.91. The summed E-state index contributed by atoms with van der Waals surface area (Å²) in [5.41, 5.74) is 15.4. The SMILES string of the molecule is CN=CC(=CN)c1cc(N=C(N)C2=C(NC3CCOCC3)CCN(C(=O)NC)C2)cc(S(=O)(=O)N(C)C)c1. The molecule has 0 atom stereocenters. The number of carbonyl (C=O) groups excluding carboxylic acids is 1. The highest BCUT2D eigenvalue weighted by atomic mass is 32.2. The molecule has 3 rings (SSSR count). The lowest BCUT2D eigenvalue weighted by Crippen LogP contribution is -2.47. The fourth-order valence-corrected chi connectivity index (χ4v) is 5.28. The highest BCUT2D eigenvalue weighted by Crippen LogP contribution is 2.28. The molecule has 0 unspecified atom stereocenters. The molecule has 1 fully saturated rings. The van der Waals surface area contributed by atoms with E-state index in [-0.39, 0.29) is 29.3 Å². The second kappa shape index (κ2) is 12.9. The molecule has 13 heteroatoms. The van der Waals surface area contributed by atoms with Gasteiger partial charge in [0.1, 0.15) is 5.84 Å². The number of benzene rings is 1. The largest absolute Gasteiger partial charge is 0.404 e. The van der Waals surface area contributed by atoms with Crippen molar-refractivity contribution in [2.45, 2.75) is 30.2 Å². The van der Waals surface area contributed by atoms with Crippen LogP contribution in [-0.2, 0) is 14.8 Å². The van der Waals surface area contributed by atoms with Crippen LogP contribution in [0.5, 0.6) is 0 Å². The van der Waals surface area contributed by atoms with Gasteiger partial charge < -0.3 is 31.7 Å². The summed E-state index contributed by atoms with van der Waals surface area (Å²) in [6.45, 7) is 2.16. The lowest BCUT2D eigenvalue weighted by molar-refractivity contribution is 0.0798. The van der Waals surface area contributed by atoms with Crippen LogP contribution in [0.4, 0.5) is 10.5 Å². The van der Waals surface area contributed by atoms with Crippen LogP contribution in [0.3, 0.4) is 0 Å². The lowest BCUT2D eigenvalue weighted by Gasteiger charge is -2.33. The number of hydrogen-bond acceptors (Lipinski definition) is 8. The molecule has 0 spiro atoms. The van der Waals surface area contributed by atoms with Gasteiger partial charge in [-0.2, -0.15) is 0 Å². The van der Waals surface area contributed by atoms with Crippen molar-refractivity contribution < 1.29 is 17.9 Å². The number of amides is 2. The summed E-state index contributed by atoms with van der Waals surface area (Å²) in [7, 11) is 2.32. The molecule has 2 heterocycles. The highest BCUT2D eigenvalue weighted by Gasteiger charge is 2.27. The minimum Gasteiger partial charge on any atom is -0.404 e. The van der Waals surface area contributed by atoms with Crippen LogP contribution >= 0.6 is 0 Å². The smallest absolute Gasteiger partial charge is 0.317 e. The van der Waals surface area contributed by atoms with E-state index in [4.69, 9.17) is 16.2 Å². The minimum absolute atomic E-state index is 0.0422. The number of carbonyl (C=O) groups is 1. The van der Waals surface area contributed by atoms with E-state index in [0.717, 1.165) is 22.8 Å². The van der Waals surface area contributed by atoms with E-state index in [1.54, 1.807) is 31.3 Å². The molecule has 0 aromatic heterocycles. The molecule has 2 aliphatic heterocycles. The summed E-state index contributed by atoms with van der Waals surface area (Å²) >= 11 is 0. The van der Waals surface area contributed by atoms with Gasteiger partial charge in [0.25, 0.3) is 0 Å². The highest BCUT2D eigenvalue weighted by molar-refractivity contribution is 7.89. The van der Waals surface area contributed by atoms with Crippen LogP contribution in [-0.4, -0.2) is 96.2 Å². The molecule has 1 saturated heterocycles. The number of hydrogen-bond donors (Lipinski definition) is 4. The third-order valence-electron chi connectivity index (χ3n) is 6.46. The zero-order valence-electron chi connectivity index (χ0n) is 22.4. The van der Waals surface area contributed by atoms with Gasteiger partial charge in [-0.3, -0.25) is 4.99 Å². The number of nitrogens with one attached hydrogen (secondary N) is 2. The Morgan fingerprint density at radius 1 is 1.24 bits per heavy atom. The Morgan fingerprint density at radius 3 is 2.55 bits per heavy atom. The molecule has 208 valence electrons. The van der Waals surface area contributed by atoms with Gasteiger partial charge in [-0.25, -0.2) is 22.5 Å². The Balaban J connectivity index is 2.10. The van der Waals surface area contributed by atoms with E-state index in [1.807, 2.05) is 0 Å². The summed E-state index contributed by atoms with van der Waals surface area (Å²) in [4.78, 5) is 22.7. The Morgan fingerprint density at radius 2 is 1.95 bits per heavy atom. The molecule has 0 saturated carbocycles. The number of aliphatic imine (C=N–C) groups is 2. The number of allylic oxidation sites excluding steroid dienone is 1. The quantitative estimate of drug-likeness (QED) is 0.278. The molecule has 1 aromatic rings. The first-order chi connectivity index (χ1) is 18.1. The number of nitrogens with zero attached hydrogens (tertiary/aromatic N) is 4. The number of rotatable bonds is 8. The van der Waals surface area contributed by atoms with Gasteiger partial charge in [-0.1, -0.05) is 0 Å². The van der Waals surface area contributed by atoms with Crippen LogP contribution in [0.1, 0.15) is 24.8 Å². The molecule has 0 radical (unpaired) electrons. The van der Waals surface area contributed by atoms with Gasteiger partial charge in [0.15, 0.2) is 0 Å². The Bertz CT molecular complexity index is 1250. The molecule has 6 N–H and O–H groups in total. The van der Waals surface area contributed by atoms with Crippen molar-refractivity contribution in [1.29, 1.82) is 0 Å². The van der Waals surface area contributed by atoms with Crippen LogP contribution in [0.2, 0.25) is 0 Å². The summed E-state index contributed by atoms with van der Waals surface area (Å²) in [5.74, 6) is 0.195. The first-order valence-corrected chi connectivity index (χ1v) is 13.8. The van der Waals surface area contributed by atoms with Gasteiger partial charge in [0.2, 0.25) is 10.0 Å². The maximum Gasteiger partial charge on any atom is 0.317 e. The third-order valence-corrected chi connectivity index (χ3v) is 8.25. The second-order valence-electron chi connectivity index (χ2n) is 9.22. The standard InChI is InChI=1S/C25H38N8O4S/c1-28-15-18(14-26)17-11-20(13-21(12-17)38(35,36)32(3)4)31-24(27)22-16-33(25(34)29-2)8-5-23(22)30-19-6-9-37-10-7-19/h11-15,19,30H,5-10,16,26H2,1-4H3,(H2,27,31)(H,29,34). The van der Waals surface area contributed by atoms with E-state index in [9.17, 15) is 13.2 Å². The fourth-order valence-electron chi connectivity index (χ4n) is 4.31. The molecule has 2 aliphatic rings. The number of ether oxygens (including phenoxy) is 1. The number of sulfonamides is 1. The Labute approximate surface area is 224 Å². The van der Waals surface area contributed by atoms with E-state index in [0.29, 0.717) is 48.6 Å². The second-order valence-corrected chi connectivity index (χ2v) is 11.4. The normalized spacial score (nSPS) is 18.4. The van der Waals surface area contributed by atoms with Crippen molar-refractivity contribution in [1.82, 2.24) is 19.8 Å². The summed E-state index contributed by atoms with van der Waals surface area (Å²) in [5, 5.41) is 6.25. The first-order valence-electron chi connectivity index (χ1n) is 12.4. The molecule has 1 aromatic carbocycles. The Hall–Kier alpha value is -3.42. The van der Waals surface area contributed by atoms with Gasteiger partial charge in [0.05, 0.1) is 17.1 Å². The molecule has 2 amide bonds. The summed E-state index contributed by atoms with van der Waals surface area (Å²) < 4.78 is 32.6. The van der Waals surface area contributed by atoms with E-state index >= 15 is 0 Å². The van der Waals surface area contributed by atoms with Gasteiger partial charge in [-0.15, -0.1) is 0 Å². The zero-order valence-corrected chi connectivity index (χ0v) is 23.2. The Kier molecular flexibility index (Phi) is 9.89. The van der Waals surface area contributed by atoms with Crippen LogP contribution in [0.25, 0.3) is 5.57 Å². The predicted octanol–water partition coefficient (Wildman–Crippen LogP) is 0.994. The molecule has 12 nitrogen and oxygen atoms in total. The fraction of sp³-hybridized carbons (Fsp3) is 0.480. The summed E-state index contributed by atoms with van der Waals surface area (Å²) in [6, 6.07) is 4.72. The van der Waals surface area contributed by atoms with Crippen molar-refractivity contribution in [2.24, 2.45) is 21.5 Å². The monoisotopic (exact) mass is 546 g/mol. The van der Waals surface area contributed by atoms with Gasteiger partial charge >= 0.3 is 6.03 Å². The number of nitrogens with two attached hydrogens (primary N) is 2. The van der Waals surface area contributed by atoms with Crippen LogP contribution < -0.4 is 22.1 Å². The number of amidine groups is 1. The van der Waals surface area contributed by atoms with Crippen molar-refractivity contribution >= 4 is 39.4 Å². The minimum atomic E-state index is -3.78. The summed E-state index contributed by atoms with van der Waals surface area (Å²) in [6.07, 6.45) is 5.22. The van der Waals surface area contributed by atoms with Crippen molar-refractivity contribution in [3.63, 3.8) is 0 Å². The van der Waals surface area contributed by atoms with E-state index in [2.05, 4.69) is 20.6 Å². The van der Waals surface area contributed by atoms with Crippen LogP contribution in [0, 0.1) is 0 Å². The van der Waals surface area contributed by atoms with Gasteiger partial charge in [0, 0.05) is 89.7 Å². The van der Waals surface area contributed by atoms with Crippen LogP contribution in [0.15, 0.2) is 50.5 Å². The number of urea groups is 1. The zero-order chi connectivity index (χ0) is 27.9. The van der Waals surface area contributed by atoms with Gasteiger partial charge in [-0.05, 0) is 36.6 Å². The third kappa shape index (κ3) is 6.91. The van der Waals surface area contributed by atoms with E-state index in [1.165, 1.54) is 32.4 Å². The first kappa shape index (κ1) is 29.1. The lowest BCUT2D eigenvalue weighted by atomic mass is 10.0. The molecular formula is C25H38N8O4S. The maximum absolute atomic E-state index is 13.0. The van der Waals surface area contributed by atoms with E-state index < -0.39 is 10.0 Å². The molecule has 0 aliphatic carbocycles. The molecule has 0 bridgehead atoms. The van der Waals surface area contributed by atoms with Crippen molar-refractivity contribution in [3.8, 4) is 0 Å². The maximum atomic E-state index is 13.0. The topological polar surface area (TPSA) is 168 Å². The molecular weight excluding hydrogens is 508 g/mol. The predicted molar refractivity (Wildman–Crippen MR) is 150 cm³/mol. The van der Waals surface area contributed by atoms with Crippen molar-refractivity contribution in [3.05, 3.63) is 41.2 Å².